The first-order valence-corrected chi connectivity index (χ1v) is 5.89. The van der Waals surface area contributed by atoms with Crippen molar-refractivity contribution in [1.82, 2.24) is 5.32 Å². The van der Waals surface area contributed by atoms with Gasteiger partial charge in [0.1, 0.15) is 0 Å². The van der Waals surface area contributed by atoms with Crippen molar-refractivity contribution >= 4 is 0 Å². The third-order valence-electron chi connectivity index (χ3n) is 3.20. The Bertz CT molecular complexity index is 336. The van der Waals surface area contributed by atoms with E-state index in [1.165, 1.54) is 6.07 Å². The van der Waals surface area contributed by atoms with Crippen molar-refractivity contribution in [3.8, 4) is 5.75 Å². The summed E-state index contributed by atoms with van der Waals surface area (Å²) in [5.74, 6) is 0.623. The van der Waals surface area contributed by atoms with Gasteiger partial charge in [0.2, 0.25) is 0 Å². The lowest BCUT2D eigenvalue weighted by molar-refractivity contribution is 0.123. The highest BCUT2D eigenvalue weighted by atomic mass is 19.1. The molecule has 1 heterocycles. The number of hydrogen-bond acceptors (Lipinski definition) is 2. The number of ether oxygens (including phenoxy) is 1. The van der Waals surface area contributed by atoms with Crippen molar-refractivity contribution in [3.05, 3.63) is 30.1 Å². The second-order valence-electron chi connectivity index (χ2n) is 4.34. The molecule has 1 aliphatic heterocycles. The highest BCUT2D eigenvalue weighted by Crippen LogP contribution is 2.23. The number of benzene rings is 1. The maximum Gasteiger partial charge on any atom is 0.165 e. The van der Waals surface area contributed by atoms with Crippen LogP contribution in [0.4, 0.5) is 4.39 Å². The number of rotatable bonds is 3. The third-order valence-corrected chi connectivity index (χ3v) is 3.20. The zero-order chi connectivity index (χ0) is 11.4. The van der Waals surface area contributed by atoms with Crippen molar-refractivity contribution in [2.75, 3.05) is 13.1 Å². The van der Waals surface area contributed by atoms with Crippen molar-refractivity contribution in [3.63, 3.8) is 0 Å². The van der Waals surface area contributed by atoms with E-state index in [-0.39, 0.29) is 11.9 Å². The normalized spacial score (nSPS) is 19.4. The summed E-state index contributed by atoms with van der Waals surface area (Å²) in [5, 5.41) is 3.32. The second-order valence-corrected chi connectivity index (χ2v) is 4.34. The molecular weight excluding hydrogens is 205 g/mol. The van der Waals surface area contributed by atoms with Gasteiger partial charge in [-0.3, -0.25) is 0 Å². The Kier molecular flexibility index (Phi) is 3.78. The molecule has 16 heavy (non-hydrogen) atoms. The fourth-order valence-electron chi connectivity index (χ4n) is 2.15. The van der Waals surface area contributed by atoms with Gasteiger partial charge in [0.15, 0.2) is 11.6 Å². The number of hydrogen-bond donors (Lipinski definition) is 1. The van der Waals surface area contributed by atoms with Crippen LogP contribution in [0, 0.1) is 11.7 Å². The number of halogens is 1. The zero-order valence-electron chi connectivity index (χ0n) is 9.58. The van der Waals surface area contributed by atoms with Crippen molar-refractivity contribution in [1.29, 1.82) is 0 Å². The molecule has 0 amide bonds. The Labute approximate surface area is 95.8 Å². The van der Waals surface area contributed by atoms with E-state index in [4.69, 9.17) is 4.74 Å². The first-order valence-electron chi connectivity index (χ1n) is 5.89. The van der Waals surface area contributed by atoms with Crippen LogP contribution in [-0.4, -0.2) is 19.2 Å². The van der Waals surface area contributed by atoms with Crippen LogP contribution in [0.5, 0.6) is 5.75 Å². The fraction of sp³-hybridized carbons (Fsp3) is 0.538. The standard InChI is InChI=1S/C13H18FNO/c1-10(11-6-8-15-9-7-11)16-13-5-3-2-4-12(13)14/h2-5,10-11,15H,6-9H2,1H3. The minimum absolute atomic E-state index is 0.0824. The summed E-state index contributed by atoms with van der Waals surface area (Å²) in [6.07, 6.45) is 2.30. The molecule has 1 aliphatic rings. The van der Waals surface area contributed by atoms with Crippen molar-refractivity contribution in [2.24, 2.45) is 5.92 Å². The van der Waals surface area contributed by atoms with E-state index in [1.807, 2.05) is 6.92 Å². The van der Waals surface area contributed by atoms with E-state index in [2.05, 4.69) is 5.32 Å². The minimum atomic E-state index is -0.275. The molecule has 0 radical (unpaired) electrons. The SMILES string of the molecule is CC(Oc1ccccc1F)C1CCNCC1. The molecule has 3 heteroatoms. The Morgan fingerprint density at radius 2 is 2.00 bits per heavy atom. The highest BCUT2D eigenvalue weighted by Gasteiger charge is 2.21. The molecule has 2 rings (SSSR count). The van der Waals surface area contributed by atoms with Crippen LogP contribution in [0.25, 0.3) is 0 Å². The van der Waals surface area contributed by atoms with Gasteiger partial charge in [-0.1, -0.05) is 12.1 Å². The van der Waals surface area contributed by atoms with Gasteiger partial charge in [0, 0.05) is 0 Å². The predicted molar refractivity (Wildman–Crippen MR) is 62.1 cm³/mol. The van der Waals surface area contributed by atoms with Gasteiger partial charge in [-0.25, -0.2) is 4.39 Å². The van der Waals surface area contributed by atoms with Gasteiger partial charge >= 0.3 is 0 Å². The van der Waals surface area contributed by atoms with E-state index in [9.17, 15) is 4.39 Å². The summed E-state index contributed by atoms with van der Waals surface area (Å²) in [5.41, 5.74) is 0. The summed E-state index contributed by atoms with van der Waals surface area (Å²) in [6, 6.07) is 6.60. The molecule has 0 saturated carbocycles. The highest BCUT2D eigenvalue weighted by molar-refractivity contribution is 5.23. The zero-order valence-corrected chi connectivity index (χ0v) is 9.58. The van der Waals surface area contributed by atoms with Crippen LogP contribution in [0.2, 0.25) is 0 Å². The van der Waals surface area contributed by atoms with Crippen LogP contribution >= 0.6 is 0 Å². The van der Waals surface area contributed by atoms with E-state index >= 15 is 0 Å². The predicted octanol–water partition coefficient (Wildman–Crippen LogP) is 2.59. The molecule has 1 saturated heterocycles. The molecular formula is C13H18FNO. The molecule has 2 nitrogen and oxygen atoms in total. The smallest absolute Gasteiger partial charge is 0.165 e. The van der Waals surface area contributed by atoms with E-state index in [0.717, 1.165) is 25.9 Å². The molecule has 1 N–H and O–H groups in total. The molecule has 88 valence electrons. The van der Waals surface area contributed by atoms with Crippen LogP contribution in [0.1, 0.15) is 19.8 Å². The van der Waals surface area contributed by atoms with Gasteiger partial charge in [-0.05, 0) is 50.9 Å². The minimum Gasteiger partial charge on any atom is -0.487 e. The summed E-state index contributed by atoms with van der Waals surface area (Å²) in [6.45, 7) is 4.10. The first kappa shape index (κ1) is 11.4. The Morgan fingerprint density at radius 1 is 1.31 bits per heavy atom. The average Bonchev–Trinajstić information content (AvgIpc) is 2.33. The molecule has 1 aromatic carbocycles. The van der Waals surface area contributed by atoms with Crippen LogP contribution in [0.3, 0.4) is 0 Å². The molecule has 0 aromatic heterocycles. The van der Waals surface area contributed by atoms with E-state index < -0.39 is 0 Å². The molecule has 0 aliphatic carbocycles. The third kappa shape index (κ3) is 2.73. The lowest BCUT2D eigenvalue weighted by Gasteiger charge is -2.28. The number of nitrogens with one attached hydrogen (secondary N) is 1. The maximum absolute atomic E-state index is 13.4. The first-order chi connectivity index (χ1) is 7.77. The summed E-state index contributed by atoms with van der Waals surface area (Å²) in [4.78, 5) is 0. The Hall–Kier alpha value is -1.09. The molecule has 0 bridgehead atoms. The van der Waals surface area contributed by atoms with E-state index in [0.29, 0.717) is 11.7 Å². The van der Waals surface area contributed by atoms with Crippen molar-refractivity contribution < 1.29 is 9.13 Å². The molecule has 0 spiro atoms. The van der Waals surface area contributed by atoms with Crippen LogP contribution < -0.4 is 10.1 Å². The van der Waals surface area contributed by atoms with Crippen LogP contribution in [-0.2, 0) is 0 Å². The summed E-state index contributed by atoms with van der Waals surface area (Å²) >= 11 is 0. The van der Waals surface area contributed by atoms with Gasteiger partial charge in [0.25, 0.3) is 0 Å². The molecule has 1 unspecified atom stereocenters. The summed E-state index contributed by atoms with van der Waals surface area (Å²) in [7, 11) is 0. The fourth-order valence-corrected chi connectivity index (χ4v) is 2.15. The Morgan fingerprint density at radius 3 is 2.69 bits per heavy atom. The molecule has 1 atom stereocenters. The topological polar surface area (TPSA) is 21.3 Å². The average molecular weight is 223 g/mol. The van der Waals surface area contributed by atoms with Crippen molar-refractivity contribution in [2.45, 2.75) is 25.9 Å². The molecule has 1 aromatic rings. The largest absolute Gasteiger partial charge is 0.487 e. The van der Waals surface area contributed by atoms with Gasteiger partial charge < -0.3 is 10.1 Å². The lowest BCUT2D eigenvalue weighted by Crippen LogP contribution is -2.35. The Balaban J connectivity index is 1.96. The van der Waals surface area contributed by atoms with Crippen LogP contribution in [0.15, 0.2) is 24.3 Å². The summed E-state index contributed by atoms with van der Waals surface area (Å²) < 4.78 is 19.1. The number of para-hydroxylation sites is 1. The van der Waals surface area contributed by atoms with Gasteiger partial charge in [0.05, 0.1) is 6.10 Å². The van der Waals surface area contributed by atoms with Gasteiger partial charge in [-0.15, -0.1) is 0 Å². The number of piperidine rings is 1. The maximum atomic E-state index is 13.4. The lowest BCUT2D eigenvalue weighted by atomic mass is 9.93. The monoisotopic (exact) mass is 223 g/mol. The van der Waals surface area contributed by atoms with E-state index in [1.54, 1.807) is 18.2 Å². The quantitative estimate of drug-likeness (QED) is 0.850. The molecule has 1 fully saturated rings. The second kappa shape index (κ2) is 5.30. The van der Waals surface area contributed by atoms with Gasteiger partial charge in [-0.2, -0.15) is 0 Å².